The monoisotopic (exact) mass is 199 g/mol. The Hall–Kier alpha value is -0.310. The number of likely N-dealkylation sites (tertiary alicyclic amines) is 1. The maximum Gasteiger partial charge on any atom is 0.275 e. The molecule has 1 heterocycles. The van der Waals surface area contributed by atoms with Crippen molar-refractivity contribution in [1.82, 2.24) is 4.90 Å². The second-order valence-corrected chi connectivity index (χ2v) is 5.73. The summed E-state index contributed by atoms with van der Waals surface area (Å²) >= 11 is 0. The molecule has 1 atom stereocenters. The summed E-state index contributed by atoms with van der Waals surface area (Å²) in [6, 6.07) is 0. The molecule has 1 unspecified atom stereocenters. The Labute approximate surface area is 82.2 Å². The quantitative estimate of drug-likeness (QED) is 0.625. The second kappa shape index (κ2) is 3.82. The molecule has 1 aliphatic carbocycles. The maximum absolute atomic E-state index is 11.8. The van der Waals surface area contributed by atoms with E-state index in [0.717, 1.165) is 24.8 Å². The van der Waals surface area contributed by atoms with Crippen LogP contribution in [0.3, 0.4) is 0 Å². The van der Waals surface area contributed by atoms with Crippen LogP contribution in [0.4, 0.5) is 4.79 Å². The van der Waals surface area contributed by atoms with Gasteiger partial charge in [0.2, 0.25) is 0 Å². The minimum atomic E-state index is -0.235. The van der Waals surface area contributed by atoms with Gasteiger partial charge in [0.05, 0.1) is 0 Å². The highest BCUT2D eigenvalue weighted by Gasteiger charge is 2.26. The summed E-state index contributed by atoms with van der Waals surface area (Å²) in [6.07, 6.45) is 5.03. The summed E-state index contributed by atoms with van der Waals surface area (Å²) in [5.74, 6) is 5.88. The van der Waals surface area contributed by atoms with E-state index in [9.17, 15) is 4.79 Å². The molecule has 0 aromatic carbocycles. The van der Waals surface area contributed by atoms with Crippen molar-refractivity contribution in [1.29, 1.82) is 0 Å². The number of hydrogen-bond acceptors (Lipinski definition) is 1. The van der Waals surface area contributed by atoms with Crippen LogP contribution in [-0.4, -0.2) is 34.9 Å². The van der Waals surface area contributed by atoms with Crippen molar-refractivity contribution in [2.24, 2.45) is 5.92 Å². The van der Waals surface area contributed by atoms with Gasteiger partial charge in [-0.15, -0.1) is 10.5 Å². The van der Waals surface area contributed by atoms with Gasteiger partial charge < -0.3 is 4.90 Å². The SMILES string of the molecule is C=S(CC1CC1)C(=O)N1CCCC1. The molecule has 1 aliphatic heterocycles. The van der Waals surface area contributed by atoms with Crippen LogP contribution in [0, 0.1) is 5.92 Å². The molecular weight excluding hydrogens is 182 g/mol. The highest BCUT2D eigenvalue weighted by molar-refractivity contribution is 8.26. The molecule has 0 radical (unpaired) electrons. The van der Waals surface area contributed by atoms with Crippen LogP contribution < -0.4 is 0 Å². The molecule has 0 aromatic heterocycles. The number of nitrogens with zero attached hydrogens (tertiary/aromatic N) is 1. The number of hydrogen-bond donors (Lipinski definition) is 0. The fourth-order valence-corrected chi connectivity index (χ4v) is 3.32. The van der Waals surface area contributed by atoms with E-state index in [0.29, 0.717) is 5.24 Å². The topological polar surface area (TPSA) is 20.3 Å². The summed E-state index contributed by atoms with van der Waals surface area (Å²) in [5, 5.41) is 0.324. The molecule has 1 saturated heterocycles. The van der Waals surface area contributed by atoms with Crippen LogP contribution in [0.1, 0.15) is 25.7 Å². The minimum absolute atomic E-state index is 0.235. The zero-order chi connectivity index (χ0) is 9.26. The smallest absolute Gasteiger partial charge is 0.275 e. The van der Waals surface area contributed by atoms with Gasteiger partial charge in [0.1, 0.15) is 0 Å². The van der Waals surface area contributed by atoms with Gasteiger partial charge in [-0.2, -0.15) is 0 Å². The van der Waals surface area contributed by atoms with Gasteiger partial charge in [-0.05, 0) is 37.4 Å². The lowest BCUT2D eigenvalue weighted by Gasteiger charge is -2.17. The number of amides is 1. The van der Waals surface area contributed by atoms with Crippen molar-refractivity contribution >= 4 is 21.6 Å². The van der Waals surface area contributed by atoms with E-state index in [1.54, 1.807) is 0 Å². The third-order valence-electron chi connectivity index (χ3n) is 2.75. The average Bonchev–Trinajstić information content (AvgIpc) is 2.78. The first-order valence-electron chi connectivity index (χ1n) is 5.07. The number of rotatable bonds is 2. The van der Waals surface area contributed by atoms with Crippen molar-refractivity contribution in [2.75, 3.05) is 18.8 Å². The fourth-order valence-electron chi connectivity index (χ4n) is 1.72. The molecule has 1 amide bonds. The third kappa shape index (κ3) is 2.33. The molecule has 74 valence electrons. The Morgan fingerprint density at radius 1 is 1.38 bits per heavy atom. The normalized spacial score (nSPS) is 24.8. The van der Waals surface area contributed by atoms with E-state index < -0.39 is 0 Å². The van der Waals surface area contributed by atoms with Gasteiger partial charge in [0.25, 0.3) is 5.24 Å². The first-order valence-corrected chi connectivity index (χ1v) is 6.63. The number of carbonyl (C=O) groups excluding carboxylic acids is 1. The second-order valence-electron chi connectivity index (χ2n) is 4.06. The Balaban J connectivity index is 1.83. The fraction of sp³-hybridized carbons (Fsp3) is 0.800. The predicted molar refractivity (Wildman–Crippen MR) is 58.5 cm³/mol. The van der Waals surface area contributed by atoms with Crippen molar-refractivity contribution in [3.63, 3.8) is 0 Å². The zero-order valence-corrected chi connectivity index (χ0v) is 8.81. The van der Waals surface area contributed by atoms with Crippen molar-refractivity contribution in [3.8, 4) is 0 Å². The molecular formula is C10H17NOS. The molecule has 2 rings (SSSR count). The predicted octanol–water partition coefficient (Wildman–Crippen LogP) is 2.31. The first-order chi connectivity index (χ1) is 6.27. The van der Waals surface area contributed by atoms with Crippen LogP contribution in [-0.2, 0) is 0 Å². The van der Waals surface area contributed by atoms with Gasteiger partial charge in [-0.3, -0.25) is 4.79 Å². The van der Waals surface area contributed by atoms with Crippen LogP contribution in [0.15, 0.2) is 0 Å². The van der Waals surface area contributed by atoms with Gasteiger partial charge in [-0.1, -0.05) is 5.87 Å². The lowest BCUT2D eigenvalue weighted by molar-refractivity contribution is 0.233. The number of carbonyl (C=O) groups is 1. The molecule has 0 aromatic rings. The van der Waals surface area contributed by atoms with E-state index in [4.69, 9.17) is 0 Å². The molecule has 13 heavy (non-hydrogen) atoms. The Kier molecular flexibility index (Phi) is 2.72. The molecule has 2 nitrogen and oxygen atoms in total. The molecule has 0 spiro atoms. The van der Waals surface area contributed by atoms with Crippen molar-refractivity contribution < 1.29 is 4.79 Å². The summed E-state index contributed by atoms with van der Waals surface area (Å²) < 4.78 is 0. The van der Waals surface area contributed by atoms with E-state index in [1.165, 1.54) is 25.7 Å². The molecule has 0 N–H and O–H groups in total. The third-order valence-corrected chi connectivity index (χ3v) is 4.37. The Bertz CT molecular complexity index is 229. The van der Waals surface area contributed by atoms with E-state index >= 15 is 0 Å². The van der Waals surface area contributed by atoms with Gasteiger partial charge in [0.15, 0.2) is 0 Å². The van der Waals surface area contributed by atoms with Crippen molar-refractivity contribution in [2.45, 2.75) is 25.7 Å². The van der Waals surface area contributed by atoms with E-state index in [-0.39, 0.29) is 10.5 Å². The molecule has 0 bridgehead atoms. The minimum Gasteiger partial charge on any atom is -0.334 e. The van der Waals surface area contributed by atoms with Crippen molar-refractivity contribution in [3.05, 3.63) is 0 Å². The average molecular weight is 199 g/mol. The lowest BCUT2D eigenvalue weighted by Crippen LogP contribution is -2.25. The Morgan fingerprint density at radius 2 is 2.00 bits per heavy atom. The zero-order valence-electron chi connectivity index (χ0n) is 8.00. The molecule has 2 fully saturated rings. The van der Waals surface area contributed by atoms with Gasteiger partial charge in [-0.25, -0.2) is 0 Å². The molecule has 1 saturated carbocycles. The summed E-state index contributed by atoms with van der Waals surface area (Å²) in [4.78, 5) is 13.8. The van der Waals surface area contributed by atoms with Crippen LogP contribution in [0.25, 0.3) is 0 Å². The van der Waals surface area contributed by atoms with Crippen LogP contribution >= 0.6 is 10.5 Å². The van der Waals surface area contributed by atoms with E-state index in [1.807, 2.05) is 4.90 Å². The van der Waals surface area contributed by atoms with Gasteiger partial charge in [0, 0.05) is 13.1 Å². The largest absolute Gasteiger partial charge is 0.334 e. The Morgan fingerprint density at radius 3 is 2.54 bits per heavy atom. The standard InChI is InChI=1S/C10H17NOS/c1-13(8-9-4-5-9)10(12)11-6-2-3-7-11/h9H,1-8H2. The van der Waals surface area contributed by atoms with Gasteiger partial charge >= 0.3 is 0 Å². The highest BCUT2D eigenvalue weighted by atomic mass is 32.2. The van der Waals surface area contributed by atoms with Crippen LogP contribution in [0.5, 0.6) is 0 Å². The summed E-state index contributed by atoms with van der Waals surface area (Å²) in [5.41, 5.74) is 0. The highest BCUT2D eigenvalue weighted by Crippen LogP contribution is 2.35. The lowest BCUT2D eigenvalue weighted by atomic mass is 10.4. The van der Waals surface area contributed by atoms with Crippen LogP contribution in [0.2, 0.25) is 0 Å². The van der Waals surface area contributed by atoms with E-state index in [2.05, 4.69) is 5.87 Å². The molecule has 2 aliphatic rings. The summed E-state index contributed by atoms with van der Waals surface area (Å²) in [7, 11) is -0.235. The molecule has 3 heteroatoms. The first kappa shape index (κ1) is 9.25. The summed E-state index contributed by atoms with van der Waals surface area (Å²) in [6.45, 7) is 1.95. The maximum atomic E-state index is 11.8.